The number of hydrogen-bond donors (Lipinski definition) is 1. The van der Waals surface area contributed by atoms with Crippen LogP contribution in [0.15, 0.2) is 51.8 Å². The molecule has 1 heterocycles. The van der Waals surface area contributed by atoms with Gasteiger partial charge in [-0.15, -0.1) is 5.10 Å². The SMILES string of the molecule is COc1cccc(C(=O)Nc2nnc(Cc3ccc(S(=O)(=O)C(C)C)cc3)o2)c1OC. The molecule has 2 aromatic carbocycles. The standard InChI is InChI=1S/C21H23N3O6S/c1-13(2)31(26,27)15-10-8-14(9-11-15)12-18-23-24-21(30-18)22-20(25)16-6-5-7-17(28-3)19(16)29-4/h5-11,13H,12H2,1-4H3,(H,22,24,25). The van der Waals surface area contributed by atoms with Crippen LogP contribution in [0.3, 0.4) is 0 Å². The van der Waals surface area contributed by atoms with Crippen LogP contribution in [0.5, 0.6) is 11.5 Å². The third kappa shape index (κ3) is 4.85. The number of hydrogen-bond acceptors (Lipinski definition) is 8. The molecule has 0 radical (unpaired) electrons. The normalized spacial score (nSPS) is 11.4. The molecule has 0 aliphatic heterocycles. The second kappa shape index (κ2) is 9.17. The molecule has 0 spiro atoms. The number of benzene rings is 2. The maximum atomic E-state index is 12.6. The molecule has 0 unspecified atom stereocenters. The van der Waals surface area contributed by atoms with Gasteiger partial charge in [-0.3, -0.25) is 10.1 Å². The predicted octanol–water partition coefficient (Wildman–Crippen LogP) is 3.11. The fourth-order valence-electron chi connectivity index (χ4n) is 2.85. The Morgan fingerprint density at radius 3 is 2.39 bits per heavy atom. The van der Waals surface area contributed by atoms with E-state index in [9.17, 15) is 13.2 Å². The first-order valence-corrected chi connectivity index (χ1v) is 11.0. The molecule has 9 nitrogen and oxygen atoms in total. The zero-order chi connectivity index (χ0) is 22.6. The molecule has 3 rings (SSSR count). The number of rotatable bonds is 8. The summed E-state index contributed by atoms with van der Waals surface area (Å²) in [6.07, 6.45) is 0.285. The van der Waals surface area contributed by atoms with Gasteiger partial charge in [-0.2, -0.15) is 0 Å². The minimum Gasteiger partial charge on any atom is -0.493 e. The van der Waals surface area contributed by atoms with Crippen molar-refractivity contribution in [2.75, 3.05) is 19.5 Å². The van der Waals surface area contributed by atoms with E-state index in [4.69, 9.17) is 13.9 Å². The Kier molecular flexibility index (Phi) is 6.59. The molecular weight excluding hydrogens is 422 g/mol. The van der Waals surface area contributed by atoms with Crippen LogP contribution in [0.1, 0.15) is 35.7 Å². The molecule has 0 saturated carbocycles. The molecule has 3 aromatic rings. The van der Waals surface area contributed by atoms with Crippen LogP contribution in [0, 0.1) is 0 Å². The van der Waals surface area contributed by atoms with Crippen molar-refractivity contribution in [1.82, 2.24) is 10.2 Å². The van der Waals surface area contributed by atoms with Gasteiger partial charge in [0.15, 0.2) is 21.3 Å². The van der Waals surface area contributed by atoms with Gasteiger partial charge >= 0.3 is 6.01 Å². The van der Waals surface area contributed by atoms with E-state index in [1.165, 1.54) is 14.2 Å². The van der Waals surface area contributed by atoms with Gasteiger partial charge in [-0.1, -0.05) is 23.3 Å². The Bertz CT molecular complexity index is 1170. The van der Waals surface area contributed by atoms with Gasteiger partial charge in [-0.25, -0.2) is 8.42 Å². The minimum absolute atomic E-state index is 0.0659. The van der Waals surface area contributed by atoms with Gasteiger partial charge in [0.05, 0.1) is 36.3 Å². The van der Waals surface area contributed by atoms with E-state index < -0.39 is 21.0 Å². The number of methoxy groups -OCH3 is 2. The third-order valence-corrected chi connectivity index (χ3v) is 6.73. The second-order valence-electron chi connectivity index (χ2n) is 6.91. The monoisotopic (exact) mass is 445 g/mol. The first kappa shape index (κ1) is 22.3. The van der Waals surface area contributed by atoms with Crippen LogP contribution in [-0.4, -0.2) is 44.0 Å². The van der Waals surface area contributed by atoms with E-state index in [1.807, 2.05) is 0 Å². The van der Waals surface area contributed by atoms with Crippen molar-refractivity contribution in [2.24, 2.45) is 0 Å². The lowest BCUT2D eigenvalue weighted by Gasteiger charge is -2.11. The van der Waals surface area contributed by atoms with Gasteiger partial charge < -0.3 is 13.9 Å². The van der Waals surface area contributed by atoms with E-state index in [0.29, 0.717) is 11.5 Å². The van der Waals surface area contributed by atoms with Crippen molar-refractivity contribution in [3.8, 4) is 11.5 Å². The van der Waals surface area contributed by atoms with Gasteiger partial charge in [0.25, 0.3) is 5.91 Å². The van der Waals surface area contributed by atoms with Crippen molar-refractivity contribution in [1.29, 1.82) is 0 Å². The summed E-state index contributed by atoms with van der Waals surface area (Å²) in [5.41, 5.74) is 1.04. The number of nitrogens with one attached hydrogen (secondary N) is 1. The quantitative estimate of drug-likeness (QED) is 0.561. The molecule has 0 atom stereocenters. The highest BCUT2D eigenvalue weighted by Gasteiger charge is 2.20. The van der Waals surface area contributed by atoms with Crippen molar-refractivity contribution in [3.63, 3.8) is 0 Å². The summed E-state index contributed by atoms with van der Waals surface area (Å²) in [7, 11) is -0.409. The van der Waals surface area contributed by atoms with Crippen molar-refractivity contribution in [3.05, 3.63) is 59.5 Å². The van der Waals surface area contributed by atoms with E-state index >= 15 is 0 Å². The van der Waals surface area contributed by atoms with Crippen LogP contribution in [0.25, 0.3) is 0 Å². The van der Waals surface area contributed by atoms with Crippen molar-refractivity contribution >= 4 is 21.8 Å². The second-order valence-corrected chi connectivity index (χ2v) is 9.41. The number of amides is 1. The molecule has 10 heteroatoms. The predicted molar refractivity (Wildman–Crippen MR) is 113 cm³/mol. The zero-order valence-corrected chi connectivity index (χ0v) is 18.4. The molecule has 0 aliphatic carbocycles. The number of anilines is 1. The average molecular weight is 445 g/mol. The Labute approximate surface area is 180 Å². The number of carbonyl (C=O) groups excluding carboxylic acids is 1. The first-order chi connectivity index (χ1) is 14.8. The third-order valence-electron chi connectivity index (χ3n) is 4.56. The topological polar surface area (TPSA) is 121 Å². The number of aromatic nitrogens is 2. The lowest BCUT2D eigenvalue weighted by molar-refractivity contribution is 0.102. The summed E-state index contributed by atoms with van der Waals surface area (Å²) in [6.45, 7) is 3.28. The maximum absolute atomic E-state index is 12.6. The average Bonchev–Trinajstić information content (AvgIpc) is 3.19. The number of carbonyl (C=O) groups is 1. The first-order valence-electron chi connectivity index (χ1n) is 9.43. The van der Waals surface area contributed by atoms with E-state index in [-0.39, 0.29) is 28.8 Å². The van der Waals surface area contributed by atoms with Crippen LogP contribution in [-0.2, 0) is 16.3 Å². The smallest absolute Gasteiger partial charge is 0.322 e. The zero-order valence-electron chi connectivity index (χ0n) is 17.6. The summed E-state index contributed by atoms with van der Waals surface area (Å²) in [5, 5.41) is 9.81. The molecule has 0 bridgehead atoms. The summed E-state index contributed by atoms with van der Waals surface area (Å²) < 4.78 is 40.4. The highest BCUT2D eigenvalue weighted by atomic mass is 32.2. The van der Waals surface area contributed by atoms with Gasteiger partial charge in [0.2, 0.25) is 5.89 Å². The molecule has 0 saturated heterocycles. The van der Waals surface area contributed by atoms with Gasteiger partial charge in [-0.05, 0) is 43.7 Å². The van der Waals surface area contributed by atoms with Crippen LogP contribution in [0.2, 0.25) is 0 Å². The lowest BCUT2D eigenvalue weighted by Crippen LogP contribution is -2.14. The summed E-state index contributed by atoms with van der Waals surface area (Å²) >= 11 is 0. The van der Waals surface area contributed by atoms with Crippen LogP contribution in [0.4, 0.5) is 6.01 Å². The molecule has 1 N–H and O–H groups in total. The van der Waals surface area contributed by atoms with Gasteiger partial charge in [0, 0.05) is 0 Å². The van der Waals surface area contributed by atoms with E-state index in [2.05, 4.69) is 15.5 Å². The van der Waals surface area contributed by atoms with E-state index in [0.717, 1.165) is 5.56 Å². The fraction of sp³-hybridized carbons (Fsp3) is 0.286. The van der Waals surface area contributed by atoms with Crippen LogP contribution >= 0.6 is 0 Å². The molecule has 164 valence electrons. The summed E-state index contributed by atoms with van der Waals surface area (Å²) in [5.74, 6) is 0.490. The molecule has 1 amide bonds. The molecule has 31 heavy (non-hydrogen) atoms. The maximum Gasteiger partial charge on any atom is 0.322 e. The molecule has 1 aromatic heterocycles. The Morgan fingerprint density at radius 1 is 1.06 bits per heavy atom. The fourth-order valence-corrected chi connectivity index (χ4v) is 3.91. The summed E-state index contributed by atoms with van der Waals surface area (Å²) in [4.78, 5) is 12.8. The minimum atomic E-state index is -3.33. The van der Waals surface area contributed by atoms with Crippen molar-refractivity contribution in [2.45, 2.75) is 30.4 Å². The Balaban J connectivity index is 1.71. The lowest BCUT2D eigenvalue weighted by atomic mass is 10.1. The van der Waals surface area contributed by atoms with Crippen LogP contribution < -0.4 is 14.8 Å². The highest BCUT2D eigenvalue weighted by Crippen LogP contribution is 2.31. The Morgan fingerprint density at radius 2 is 1.77 bits per heavy atom. The molecule has 0 fully saturated rings. The Hall–Kier alpha value is -3.40. The number of para-hydroxylation sites is 1. The van der Waals surface area contributed by atoms with E-state index in [1.54, 1.807) is 56.3 Å². The molecular formula is C21H23N3O6S. The molecule has 0 aliphatic rings. The van der Waals surface area contributed by atoms with Gasteiger partial charge in [0.1, 0.15) is 0 Å². The number of ether oxygens (including phenoxy) is 2. The number of sulfone groups is 1. The summed E-state index contributed by atoms with van der Waals surface area (Å²) in [6, 6.07) is 11.4. The number of nitrogens with zero attached hydrogens (tertiary/aromatic N) is 2. The van der Waals surface area contributed by atoms with Crippen molar-refractivity contribution < 1.29 is 27.1 Å². The highest BCUT2D eigenvalue weighted by molar-refractivity contribution is 7.92. The largest absolute Gasteiger partial charge is 0.493 e.